The average Bonchev–Trinajstić information content (AvgIpc) is 2.22. The average molecular weight is 259 g/mol. The number of hydrogen-bond acceptors (Lipinski definition) is 2. The zero-order valence-electron chi connectivity index (χ0n) is 9.42. The Morgan fingerprint density at radius 1 is 1.28 bits per heavy atom. The highest BCUT2D eigenvalue weighted by molar-refractivity contribution is 5.84. The third-order valence-electron chi connectivity index (χ3n) is 3.22. The first-order valence-electron chi connectivity index (χ1n) is 5.53. The van der Waals surface area contributed by atoms with Crippen LogP contribution >= 0.6 is 0 Å². The van der Waals surface area contributed by atoms with Crippen molar-refractivity contribution in [3.8, 4) is 0 Å². The van der Waals surface area contributed by atoms with Crippen LogP contribution in [0.25, 0.3) is 0 Å². The molecule has 1 aliphatic carbocycles. The van der Waals surface area contributed by atoms with Crippen molar-refractivity contribution < 1.29 is 23.1 Å². The Balaban J connectivity index is 2.32. The molecule has 0 radical (unpaired) electrons. The van der Waals surface area contributed by atoms with Gasteiger partial charge in [0.25, 0.3) is 0 Å². The SMILES string of the molecule is O=C(O)C1(Nc2ccccc2C(F)(F)F)CCC1. The summed E-state index contributed by atoms with van der Waals surface area (Å²) in [5.41, 5.74) is -2.26. The number of halogens is 3. The molecular weight excluding hydrogens is 247 g/mol. The molecule has 0 amide bonds. The smallest absolute Gasteiger partial charge is 0.418 e. The first-order chi connectivity index (χ1) is 8.35. The molecule has 0 aliphatic heterocycles. The molecule has 0 saturated heterocycles. The number of para-hydroxylation sites is 1. The molecule has 0 heterocycles. The summed E-state index contributed by atoms with van der Waals surface area (Å²) in [6.45, 7) is 0. The van der Waals surface area contributed by atoms with Gasteiger partial charge in [-0.2, -0.15) is 13.2 Å². The summed E-state index contributed by atoms with van der Waals surface area (Å²) in [4.78, 5) is 11.1. The van der Waals surface area contributed by atoms with Gasteiger partial charge in [0, 0.05) is 5.69 Å². The van der Waals surface area contributed by atoms with E-state index in [2.05, 4.69) is 5.32 Å². The Kier molecular flexibility index (Phi) is 2.96. The van der Waals surface area contributed by atoms with E-state index in [1.54, 1.807) is 0 Å². The molecule has 2 rings (SSSR count). The second-order valence-corrected chi connectivity index (χ2v) is 4.41. The molecule has 0 bridgehead atoms. The lowest BCUT2D eigenvalue weighted by atomic mass is 9.76. The first kappa shape index (κ1) is 12.7. The van der Waals surface area contributed by atoms with Crippen LogP contribution in [0.1, 0.15) is 24.8 Å². The number of carboxylic acid groups (broad SMARTS) is 1. The third-order valence-corrected chi connectivity index (χ3v) is 3.22. The fourth-order valence-corrected chi connectivity index (χ4v) is 2.02. The largest absolute Gasteiger partial charge is 0.480 e. The van der Waals surface area contributed by atoms with Crippen molar-refractivity contribution in [2.45, 2.75) is 31.0 Å². The van der Waals surface area contributed by atoms with E-state index in [4.69, 9.17) is 5.11 Å². The predicted octanol–water partition coefficient (Wildman–Crippen LogP) is 3.12. The summed E-state index contributed by atoms with van der Waals surface area (Å²) >= 11 is 0. The molecule has 2 N–H and O–H groups in total. The molecule has 0 aromatic heterocycles. The van der Waals surface area contributed by atoms with Gasteiger partial charge in [-0.1, -0.05) is 12.1 Å². The lowest BCUT2D eigenvalue weighted by Gasteiger charge is -2.39. The number of alkyl halides is 3. The molecule has 0 unspecified atom stereocenters. The van der Waals surface area contributed by atoms with E-state index in [0.717, 1.165) is 6.07 Å². The number of rotatable bonds is 3. The second-order valence-electron chi connectivity index (χ2n) is 4.41. The standard InChI is InChI=1S/C12H12F3NO2/c13-12(14,15)8-4-1-2-5-9(8)16-11(10(17)18)6-3-7-11/h1-2,4-5,16H,3,6-7H2,(H,17,18). The van der Waals surface area contributed by atoms with Crippen molar-refractivity contribution in [3.05, 3.63) is 29.8 Å². The van der Waals surface area contributed by atoms with Crippen LogP contribution in [-0.2, 0) is 11.0 Å². The number of aliphatic carboxylic acids is 1. The molecule has 98 valence electrons. The summed E-state index contributed by atoms with van der Waals surface area (Å²) < 4.78 is 38.3. The summed E-state index contributed by atoms with van der Waals surface area (Å²) in [5.74, 6) is -1.11. The van der Waals surface area contributed by atoms with Crippen molar-refractivity contribution in [2.24, 2.45) is 0 Å². The number of hydrogen-bond donors (Lipinski definition) is 2. The van der Waals surface area contributed by atoms with Crippen molar-refractivity contribution in [1.82, 2.24) is 0 Å². The fraction of sp³-hybridized carbons (Fsp3) is 0.417. The van der Waals surface area contributed by atoms with Crippen LogP contribution in [-0.4, -0.2) is 16.6 Å². The Morgan fingerprint density at radius 3 is 2.33 bits per heavy atom. The van der Waals surface area contributed by atoms with Crippen LogP contribution in [0.5, 0.6) is 0 Å². The van der Waals surface area contributed by atoms with Gasteiger partial charge in [0.05, 0.1) is 5.56 Å². The van der Waals surface area contributed by atoms with E-state index in [1.165, 1.54) is 18.2 Å². The Hall–Kier alpha value is -1.72. The van der Waals surface area contributed by atoms with Gasteiger partial charge in [0.15, 0.2) is 0 Å². The molecule has 0 atom stereocenters. The lowest BCUT2D eigenvalue weighted by Crippen LogP contribution is -2.52. The van der Waals surface area contributed by atoms with Gasteiger partial charge in [0.2, 0.25) is 0 Å². The van der Waals surface area contributed by atoms with Crippen LogP contribution in [0.2, 0.25) is 0 Å². The van der Waals surface area contributed by atoms with Crippen molar-refractivity contribution in [3.63, 3.8) is 0 Å². The van der Waals surface area contributed by atoms with Crippen LogP contribution in [0, 0.1) is 0 Å². The van der Waals surface area contributed by atoms with Crippen LogP contribution in [0.15, 0.2) is 24.3 Å². The molecular formula is C12H12F3NO2. The van der Waals surface area contributed by atoms with Gasteiger partial charge in [-0.3, -0.25) is 0 Å². The normalized spacial score (nSPS) is 17.9. The highest BCUT2D eigenvalue weighted by Gasteiger charge is 2.46. The summed E-state index contributed by atoms with van der Waals surface area (Å²) in [6.07, 6.45) is -3.11. The van der Waals surface area contributed by atoms with Crippen molar-refractivity contribution >= 4 is 11.7 Å². The fourth-order valence-electron chi connectivity index (χ4n) is 2.02. The van der Waals surface area contributed by atoms with Gasteiger partial charge in [0.1, 0.15) is 5.54 Å². The van der Waals surface area contributed by atoms with Crippen LogP contribution in [0.3, 0.4) is 0 Å². The molecule has 1 saturated carbocycles. The maximum atomic E-state index is 12.8. The zero-order chi connectivity index (χ0) is 13.4. The Labute approximate surface area is 102 Å². The van der Waals surface area contributed by atoms with Crippen LogP contribution < -0.4 is 5.32 Å². The maximum Gasteiger partial charge on any atom is 0.418 e. The van der Waals surface area contributed by atoms with Gasteiger partial charge < -0.3 is 10.4 Å². The molecule has 6 heteroatoms. The van der Waals surface area contributed by atoms with E-state index in [-0.39, 0.29) is 5.69 Å². The maximum absolute atomic E-state index is 12.8. The quantitative estimate of drug-likeness (QED) is 0.876. The number of anilines is 1. The van der Waals surface area contributed by atoms with Crippen molar-refractivity contribution in [2.75, 3.05) is 5.32 Å². The number of benzene rings is 1. The highest BCUT2D eigenvalue weighted by atomic mass is 19.4. The number of carboxylic acids is 1. The summed E-state index contributed by atoms with van der Waals surface area (Å²) in [7, 11) is 0. The molecule has 1 fully saturated rings. The molecule has 1 aromatic rings. The second kappa shape index (κ2) is 4.19. The van der Waals surface area contributed by atoms with Gasteiger partial charge >= 0.3 is 12.1 Å². The van der Waals surface area contributed by atoms with Crippen LogP contribution in [0.4, 0.5) is 18.9 Å². The van der Waals surface area contributed by atoms with E-state index in [1.807, 2.05) is 0 Å². The minimum atomic E-state index is -4.49. The minimum Gasteiger partial charge on any atom is -0.480 e. The molecule has 1 aliphatic rings. The highest BCUT2D eigenvalue weighted by Crippen LogP contribution is 2.40. The summed E-state index contributed by atoms with van der Waals surface area (Å²) in [6, 6.07) is 4.93. The van der Waals surface area contributed by atoms with Crippen molar-refractivity contribution in [1.29, 1.82) is 0 Å². The van der Waals surface area contributed by atoms with E-state index >= 15 is 0 Å². The Bertz CT molecular complexity index is 467. The third kappa shape index (κ3) is 2.14. The Morgan fingerprint density at radius 2 is 1.89 bits per heavy atom. The van der Waals surface area contributed by atoms with Gasteiger partial charge in [-0.05, 0) is 31.4 Å². The monoisotopic (exact) mass is 259 g/mol. The zero-order valence-corrected chi connectivity index (χ0v) is 9.42. The summed E-state index contributed by atoms with van der Waals surface area (Å²) in [5, 5.41) is 11.6. The first-order valence-corrected chi connectivity index (χ1v) is 5.53. The predicted molar refractivity (Wildman–Crippen MR) is 59.3 cm³/mol. The topological polar surface area (TPSA) is 49.3 Å². The van der Waals surface area contributed by atoms with Gasteiger partial charge in [-0.25, -0.2) is 4.79 Å². The minimum absolute atomic E-state index is 0.174. The molecule has 3 nitrogen and oxygen atoms in total. The lowest BCUT2D eigenvalue weighted by molar-refractivity contribution is -0.146. The van der Waals surface area contributed by atoms with Gasteiger partial charge in [-0.15, -0.1) is 0 Å². The molecule has 0 spiro atoms. The number of nitrogens with one attached hydrogen (secondary N) is 1. The van der Waals surface area contributed by atoms with E-state index in [0.29, 0.717) is 19.3 Å². The van der Waals surface area contributed by atoms with E-state index in [9.17, 15) is 18.0 Å². The molecule has 18 heavy (non-hydrogen) atoms. The van der Waals surface area contributed by atoms with E-state index < -0.39 is 23.2 Å². The molecule has 1 aromatic carbocycles. The number of carbonyl (C=O) groups is 1.